The van der Waals surface area contributed by atoms with Crippen LogP contribution < -0.4 is 10.1 Å². The van der Waals surface area contributed by atoms with Crippen molar-refractivity contribution in [2.75, 3.05) is 12.4 Å². The molecule has 1 atom stereocenters. The average Bonchev–Trinajstić information content (AvgIpc) is 2.21. The lowest BCUT2D eigenvalue weighted by atomic mass is 10.1. The van der Waals surface area contributed by atoms with E-state index in [1.54, 1.807) is 7.11 Å². The van der Waals surface area contributed by atoms with Gasteiger partial charge in [-0.2, -0.15) is 5.26 Å². The Morgan fingerprint density at radius 3 is 2.80 bits per heavy atom. The highest BCUT2D eigenvalue weighted by atomic mass is 16.5. The van der Waals surface area contributed by atoms with Gasteiger partial charge in [-0.25, -0.2) is 0 Å². The van der Waals surface area contributed by atoms with Crippen molar-refractivity contribution in [2.24, 2.45) is 0 Å². The van der Waals surface area contributed by atoms with Gasteiger partial charge < -0.3 is 10.1 Å². The number of rotatable bonds is 4. The lowest BCUT2D eigenvalue weighted by Gasteiger charge is -2.14. The van der Waals surface area contributed by atoms with Gasteiger partial charge in [-0.1, -0.05) is 0 Å². The molecule has 0 amide bonds. The highest BCUT2D eigenvalue weighted by Crippen LogP contribution is 2.21. The summed E-state index contributed by atoms with van der Waals surface area (Å²) in [5.74, 6) is 0.853. The van der Waals surface area contributed by atoms with E-state index >= 15 is 0 Å². The molecule has 15 heavy (non-hydrogen) atoms. The fourth-order valence-electron chi connectivity index (χ4n) is 1.38. The molecule has 0 spiro atoms. The Kier molecular flexibility index (Phi) is 3.99. The third-order valence-corrected chi connectivity index (χ3v) is 2.23. The first-order chi connectivity index (χ1) is 7.17. The third-order valence-electron chi connectivity index (χ3n) is 2.23. The van der Waals surface area contributed by atoms with E-state index in [-0.39, 0.29) is 6.04 Å². The summed E-state index contributed by atoms with van der Waals surface area (Å²) in [7, 11) is 1.65. The highest BCUT2D eigenvalue weighted by molar-refractivity contribution is 5.54. The van der Waals surface area contributed by atoms with E-state index < -0.39 is 0 Å². The van der Waals surface area contributed by atoms with Gasteiger partial charge in [0.05, 0.1) is 19.6 Å². The molecule has 0 aliphatic carbocycles. The van der Waals surface area contributed by atoms with Crippen LogP contribution in [0.3, 0.4) is 0 Å². The molecule has 80 valence electrons. The van der Waals surface area contributed by atoms with E-state index in [2.05, 4.69) is 11.4 Å². The average molecular weight is 204 g/mol. The molecule has 1 unspecified atom stereocenters. The number of methoxy groups -OCH3 is 1. The maximum Gasteiger partial charge on any atom is 0.119 e. The van der Waals surface area contributed by atoms with Crippen LogP contribution in [0, 0.1) is 18.3 Å². The lowest BCUT2D eigenvalue weighted by molar-refractivity contribution is 0.414. The third kappa shape index (κ3) is 3.17. The Balaban J connectivity index is 2.74. The molecular formula is C12H16N2O. The first-order valence-electron chi connectivity index (χ1n) is 4.95. The zero-order valence-electron chi connectivity index (χ0n) is 9.37. The molecule has 0 bridgehead atoms. The molecule has 0 saturated heterocycles. The maximum atomic E-state index is 8.56. The number of aryl methyl sites for hydroxylation is 1. The molecule has 0 fully saturated rings. The second-order valence-corrected chi connectivity index (χ2v) is 3.59. The molecule has 1 aromatic rings. The Morgan fingerprint density at radius 2 is 2.27 bits per heavy atom. The number of benzene rings is 1. The highest BCUT2D eigenvalue weighted by Gasteiger charge is 2.04. The molecule has 0 heterocycles. The zero-order chi connectivity index (χ0) is 11.3. The van der Waals surface area contributed by atoms with E-state index in [0.717, 1.165) is 17.0 Å². The van der Waals surface area contributed by atoms with Crippen LogP contribution in [-0.4, -0.2) is 13.2 Å². The van der Waals surface area contributed by atoms with Crippen LogP contribution in [0.1, 0.15) is 18.9 Å². The van der Waals surface area contributed by atoms with Crippen LogP contribution in [0.2, 0.25) is 0 Å². The van der Waals surface area contributed by atoms with Crippen LogP contribution >= 0.6 is 0 Å². The molecule has 1 rings (SSSR count). The fourth-order valence-corrected chi connectivity index (χ4v) is 1.38. The second-order valence-electron chi connectivity index (χ2n) is 3.59. The van der Waals surface area contributed by atoms with Gasteiger partial charge in [-0.05, 0) is 37.6 Å². The SMILES string of the molecule is COc1ccc(NC(C)CC#N)c(C)c1. The Bertz CT molecular complexity index is 368. The topological polar surface area (TPSA) is 45.0 Å². The van der Waals surface area contributed by atoms with Gasteiger partial charge in [0.25, 0.3) is 0 Å². The second kappa shape index (κ2) is 5.26. The molecular weight excluding hydrogens is 188 g/mol. The van der Waals surface area contributed by atoms with Gasteiger partial charge in [-0.15, -0.1) is 0 Å². The van der Waals surface area contributed by atoms with Crippen molar-refractivity contribution in [1.82, 2.24) is 0 Å². The standard InChI is InChI=1S/C12H16N2O/c1-9-8-11(15-3)4-5-12(9)14-10(2)6-7-13/h4-5,8,10,14H,6H2,1-3H3. The maximum absolute atomic E-state index is 8.56. The number of nitrogens with zero attached hydrogens (tertiary/aromatic N) is 1. The van der Waals surface area contributed by atoms with Crippen LogP contribution in [0.25, 0.3) is 0 Å². The molecule has 0 radical (unpaired) electrons. The van der Waals surface area contributed by atoms with Crippen molar-refractivity contribution in [3.05, 3.63) is 23.8 Å². The number of nitriles is 1. The van der Waals surface area contributed by atoms with E-state index in [1.807, 2.05) is 32.0 Å². The normalized spacial score (nSPS) is 11.6. The molecule has 3 heteroatoms. The summed E-state index contributed by atoms with van der Waals surface area (Å²) in [6.45, 7) is 4.01. The summed E-state index contributed by atoms with van der Waals surface area (Å²) < 4.78 is 5.12. The fraction of sp³-hybridized carbons (Fsp3) is 0.417. The number of hydrogen-bond donors (Lipinski definition) is 1. The minimum Gasteiger partial charge on any atom is -0.497 e. The molecule has 0 aromatic heterocycles. The summed E-state index contributed by atoms with van der Waals surface area (Å²) >= 11 is 0. The molecule has 0 saturated carbocycles. The minimum atomic E-state index is 0.169. The summed E-state index contributed by atoms with van der Waals surface area (Å²) in [5.41, 5.74) is 2.18. The number of ether oxygens (including phenoxy) is 1. The van der Waals surface area contributed by atoms with E-state index in [1.165, 1.54) is 0 Å². The Hall–Kier alpha value is -1.69. The molecule has 0 aliphatic rings. The largest absolute Gasteiger partial charge is 0.497 e. The lowest BCUT2D eigenvalue weighted by Crippen LogP contribution is -2.14. The number of anilines is 1. The Labute approximate surface area is 90.7 Å². The smallest absolute Gasteiger partial charge is 0.119 e. The molecule has 1 aromatic carbocycles. The van der Waals surface area contributed by atoms with Crippen molar-refractivity contribution in [3.8, 4) is 11.8 Å². The van der Waals surface area contributed by atoms with Gasteiger partial charge in [0.15, 0.2) is 0 Å². The minimum absolute atomic E-state index is 0.169. The van der Waals surface area contributed by atoms with Gasteiger partial charge in [0, 0.05) is 11.7 Å². The van der Waals surface area contributed by atoms with Gasteiger partial charge in [0.1, 0.15) is 5.75 Å². The van der Waals surface area contributed by atoms with Gasteiger partial charge in [-0.3, -0.25) is 0 Å². The van der Waals surface area contributed by atoms with Crippen molar-refractivity contribution >= 4 is 5.69 Å². The van der Waals surface area contributed by atoms with E-state index in [0.29, 0.717) is 6.42 Å². The summed E-state index contributed by atoms with van der Waals surface area (Å²) in [4.78, 5) is 0. The van der Waals surface area contributed by atoms with E-state index in [9.17, 15) is 0 Å². The Morgan fingerprint density at radius 1 is 1.53 bits per heavy atom. The quantitative estimate of drug-likeness (QED) is 0.820. The van der Waals surface area contributed by atoms with Crippen LogP contribution in [0.5, 0.6) is 5.75 Å². The van der Waals surface area contributed by atoms with Gasteiger partial charge in [0.2, 0.25) is 0 Å². The molecule has 1 N–H and O–H groups in total. The first-order valence-corrected chi connectivity index (χ1v) is 4.95. The molecule has 0 aliphatic heterocycles. The van der Waals surface area contributed by atoms with E-state index in [4.69, 9.17) is 10.00 Å². The summed E-state index contributed by atoms with van der Waals surface area (Å²) in [6, 6.07) is 8.17. The van der Waals surface area contributed by atoms with Gasteiger partial charge >= 0.3 is 0 Å². The summed E-state index contributed by atoms with van der Waals surface area (Å²) in [6.07, 6.45) is 0.505. The van der Waals surface area contributed by atoms with Crippen LogP contribution in [0.4, 0.5) is 5.69 Å². The predicted octanol–water partition coefficient (Wildman–Crippen LogP) is 2.72. The van der Waals surface area contributed by atoms with Crippen LogP contribution in [0.15, 0.2) is 18.2 Å². The van der Waals surface area contributed by atoms with Crippen molar-refractivity contribution in [3.63, 3.8) is 0 Å². The summed E-state index contributed by atoms with van der Waals surface area (Å²) in [5, 5.41) is 11.8. The molecule has 3 nitrogen and oxygen atoms in total. The van der Waals surface area contributed by atoms with Crippen molar-refractivity contribution in [1.29, 1.82) is 5.26 Å². The van der Waals surface area contributed by atoms with Crippen LogP contribution in [-0.2, 0) is 0 Å². The van der Waals surface area contributed by atoms with Crippen molar-refractivity contribution in [2.45, 2.75) is 26.3 Å². The van der Waals surface area contributed by atoms with Crippen molar-refractivity contribution < 1.29 is 4.74 Å². The zero-order valence-corrected chi connectivity index (χ0v) is 9.37. The monoisotopic (exact) mass is 204 g/mol. The number of nitrogens with one attached hydrogen (secondary N) is 1. The number of hydrogen-bond acceptors (Lipinski definition) is 3. The predicted molar refractivity (Wildman–Crippen MR) is 61.0 cm³/mol. The first kappa shape index (κ1) is 11.4.